The van der Waals surface area contributed by atoms with Gasteiger partial charge in [0, 0.05) is 10.5 Å². The minimum absolute atomic E-state index is 0.389. The van der Waals surface area contributed by atoms with Crippen molar-refractivity contribution in [1.82, 2.24) is 0 Å². The number of hydrogen-bond acceptors (Lipinski definition) is 4. The van der Waals surface area contributed by atoms with Gasteiger partial charge in [-0.2, -0.15) is 4.91 Å². The van der Waals surface area contributed by atoms with Crippen LogP contribution in [0.25, 0.3) is 0 Å². The lowest BCUT2D eigenvalue weighted by Gasteiger charge is -2.17. The van der Waals surface area contributed by atoms with Crippen molar-refractivity contribution in [1.29, 1.82) is 0 Å². The molecule has 3 rings (SSSR count). The van der Waals surface area contributed by atoms with Crippen LogP contribution in [0.2, 0.25) is 0 Å². The average Bonchev–Trinajstić information content (AvgIpc) is 3.07. The molecule has 1 aliphatic heterocycles. The molecular weight excluding hydrogens is 274 g/mol. The topological polar surface area (TPSA) is 29.4 Å². The number of hydrogen-bond donors (Lipinski definition) is 0. The summed E-state index contributed by atoms with van der Waals surface area (Å²) in [5.41, 5.74) is 0. The zero-order chi connectivity index (χ0) is 14.1. The van der Waals surface area contributed by atoms with E-state index in [4.69, 9.17) is 4.91 Å². The lowest BCUT2D eigenvalue weighted by atomic mass is 9.92. The average molecular weight is 304 g/mol. The molecule has 2 nitrogen and oxygen atoms in total. The van der Waals surface area contributed by atoms with Crippen molar-refractivity contribution in [3.8, 4) is 0 Å². The van der Waals surface area contributed by atoms with Gasteiger partial charge in [0.15, 0.2) is 0 Å². The summed E-state index contributed by atoms with van der Waals surface area (Å²) in [5, 5.41) is 4.56. The van der Waals surface area contributed by atoms with Crippen LogP contribution in [0.4, 0.5) is 0 Å². The van der Waals surface area contributed by atoms with Gasteiger partial charge in [-0.15, -0.1) is 0 Å². The number of nitrogens with zero attached hydrogens (tertiary/aromatic N) is 1. The number of nitroso groups, excluding NO2 is 1. The number of fused-ring (bicyclic) bond motifs is 2. The maximum absolute atomic E-state index is 8.92. The Morgan fingerprint density at radius 1 is 0.947 bits per heavy atom. The predicted molar refractivity (Wildman–Crippen MR) is 89.7 cm³/mol. The molecule has 4 unspecified atom stereocenters. The summed E-state index contributed by atoms with van der Waals surface area (Å²) in [5.74, 6) is 2.20. The molecule has 0 N–H and O–H groups in total. The van der Waals surface area contributed by atoms with Gasteiger partial charge in [-0.1, -0.05) is 53.5 Å². The third-order valence-electron chi connectivity index (χ3n) is 4.22. The Morgan fingerprint density at radius 3 is 1.74 bits per heavy atom. The summed E-state index contributed by atoms with van der Waals surface area (Å²) < 4.78 is 0. The molecule has 4 heteroatoms. The highest BCUT2D eigenvalue weighted by Crippen LogP contribution is 2.54. The van der Waals surface area contributed by atoms with Gasteiger partial charge in [-0.25, -0.2) is 0 Å². The Balaban J connectivity index is 0.000000262. The van der Waals surface area contributed by atoms with E-state index in [0.717, 1.165) is 22.3 Å². The smallest absolute Gasteiger partial charge is 0.0783 e. The van der Waals surface area contributed by atoms with Crippen molar-refractivity contribution in [3.63, 3.8) is 0 Å². The summed E-state index contributed by atoms with van der Waals surface area (Å²) >= 11 is 0. The fourth-order valence-corrected chi connectivity index (χ4v) is 7.33. The first-order valence-corrected chi connectivity index (χ1v) is 10.2. The van der Waals surface area contributed by atoms with Crippen molar-refractivity contribution >= 4 is 21.6 Å². The third-order valence-corrected chi connectivity index (χ3v) is 7.88. The Bertz CT molecular complexity index is 230. The van der Waals surface area contributed by atoms with Gasteiger partial charge < -0.3 is 0 Å². The van der Waals surface area contributed by atoms with Crippen LogP contribution in [-0.2, 0) is 0 Å². The fraction of sp³-hybridized carbons (Fsp3) is 1.00. The molecule has 1 heterocycles. The highest BCUT2D eigenvalue weighted by atomic mass is 33.1. The molecule has 0 aromatic carbocycles. The minimum Gasteiger partial charge on any atom is -0.151 e. The molecule has 1 saturated heterocycles. The molecule has 19 heavy (non-hydrogen) atoms. The molecule has 0 amide bonds. The highest BCUT2D eigenvalue weighted by Gasteiger charge is 2.38. The van der Waals surface area contributed by atoms with E-state index in [1.165, 1.54) is 25.7 Å². The van der Waals surface area contributed by atoms with Crippen LogP contribution in [-0.4, -0.2) is 17.0 Å². The van der Waals surface area contributed by atoms with E-state index >= 15 is 0 Å². The van der Waals surface area contributed by atoms with Gasteiger partial charge in [0.25, 0.3) is 0 Å². The van der Waals surface area contributed by atoms with Crippen molar-refractivity contribution < 1.29 is 0 Å². The second-order valence-corrected chi connectivity index (χ2v) is 8.08. The van der Waals surface area contributed by atoms with Gasteiger partial charge in [0.05, 0.1) is 6.54 Å². The van der Waals surface area contributed by atoms with Gasteiger partial charge in [-0.3, -0.25) is 0 Å². The van der Waals surface area contributed by atoms with E-state index in [1.807, 2.05) is 13.8 Å². The lowest BCUT2D eigenvalue weighted by molar-refractivity contribution is 0.396. The van der Waals surface area contributed by atoms with Crippen molar-refractivity contribution in [3.05, 3.63) is 4.91 Å². The van der Waals surface area contributed by atoms with Crippen LogP contribution in [0.15, 0.2) is 5.18 Å². The molecule has 0 aromatic heterocycles. The zero-order valence-electron chi connectivity index (χ0n) is 12.6. The molecule has 3 fully saturated rings. The second-order valence-electron chi connectivity index (χ2n) is 5.33. The van der Waals surface area contributed by atoms with Gasteiger partial charge in [0.2, 0.25) is 0 Å². The van der Waals surface area contributed by atoms with Crippen LogP contribution in [0, 0.1) is 16.7 Å². The Labute approximate surface area is 126 Å². The van der Waals surface area contributed by atoms with Crippen LogP contribution in [0.1, 0.15) is 65.7 Å². The maximum atomic E-state index is 8.92. The first-order valence-electron chi connectivity index (χ1n) is 7.96. The van der Waals surface area contributed by atoms with Crippen LogP contribution in [0.5, 0.6) is 0 Å². The van der Waals surface area contributed by atoms with Crippen molar-refractivity contribution in [2.45, 2.75) is 76.2 Å². The molecule has 2 saturated carbocycles. The quantitative estimate of drug-likeness (QED) is 0.445. The molecule has 4 atom stereocenters. The molecule has 0 bridgehead atoms. The van der Waals surface area contributed by atoms with Gasteiger partial charge in [0.1, 0.15) is 0 Å². The normalized spacial score (nSPS) is 35.7. The predicted octanol–water partition coefficient (Wildman–Crippen LogP) is 5.91. The summed E-state index contributed by atoms with van der Waals surface area (Å²) in [7, 11) is 4.50. The van der Waals surface area contributed by atoms with Crippen LogP contribution < -0.4 is 0 Å². The summed E-state index contributed by atoms with van der Waals surface area (Å²) in [6.45, 7) is 6.09. The molecule has 0 spiro atoms. The van der Waals surface area contributed by atoms with Gasteiger partial charge in [-0.05, 0) is 50.9 Å². The Hall–Kier alpha value is 0.300. The molecule has 0 radical (unpaired) electrons. The monoisotopic (exact) mass is 303 g/mol. The summed E-state index contributed by atoms with van der Waals surface area (Å²) in [4.78, 5) is 8.92. The van der Waals surface area contributed by atoms with E-state index in [9.17, 15) is 0 Å². The highest BCUT2D eigenvalue weighted by molar-refractivity contribution is 8.77. The fourth-order valence-electron chi connectivity index (χ4n) is 3.33. The van der Waals surface area contributed by atoms with E-state index in [-0.39, 0.29) is 0 Å². The zero-order valence-corrected chi connectivity index (χ0v) is 14.3. The molecule has 2 aliphatic carbocycles. The summed E-state index contributed by atoms with van der Waals surface area (Å²) in [6, 6.07) is 0. The Morgan fingerprint density at radius 2 is 1.37 bits per heavy atom. The SMILES string of the molecule is C1CC2CC3CCCC3SSC2C1.CC.CCN=O. The van der Waals surface area contributed by atoms with Gasteiger partial charge >= 0.3 is 0 Å². The van der Waals surface area contributed by atoms with E-state index in [1.54, 1.807) is 26.2 Å². The standard InChI is InChI=1S/C11H18S2.C2H5NO.C2H6/c1-3-8-7-9-4-2-6-11(9)13-12-10(8)5-1;1-2-3-4;1-2/h8-11H,1-7H2;2H2,1H3;1-2H3. The minimum atomic E-state index is 0.389. The largest absolute Gasteiger partial charge is 0.151 e. The lowest BCUT2D eigenvalue weighted by Crippen LogP contribution is -2.13. The number of rotatable bonds is 1. The van der Waals surface area contributed by atoms with Crippen molar-refractivity contribution in [2.24, 2.45) is 17.0 Å². The molecule has 112 valence electrons. The van der Waals surface area contributed by atoms with E-state index in [0.29, 0.717) is 6.54 Å². The first kappa shape index (κ1) is 17.4. The van der Waals surface area contributed by atoms with E-state index in [2.05, 4.69) is 26.8 Å². The van der Waals surface area contributed by atoms with Crippen LogP contribution >= 0.6 is 21.6 Å². The van der Waals surface area contributed by atoms with E-state index < -0.39 is 0 Å². The molecule has 3 aliphatic rings. The third kappa shape index (κ3) is 5.30. The second kappa shape index (κ2) is 10.1. The first-order chi connectivity index (χ1) is 9.35. The molecule has 0 aromatic rings. The van der Waals surface area contributed by atoms with Crippen molar-refractivity contribution in [2.75, 3.05) is 6.54 Å². The maximum Gasteiger partial charge on any atom is 0.0783 e. The molecular formula is C15H29NOS2. The summed E-state index contributed by atoms with van der Waals surface area (Å²) in [6.07, 6.45) is 10.7. The van der Waals surface area contributed by atoms with Crippen LogP contribution in [0.3, 0.4) is 0 Å². The Kier molecular flexibility index (Phi) is 9.21.